The summed E-state index contributed by atoms with van der Waals surface area (Å²) < 4.78 is 1.85. The molecule has 0 amide bonds. The summed E-state index contributed by atoms with van der Waals surface area (Å²) in [7, 11) is 0. The van der Waals surface area contributed by atoms with E-state index in [4.69, 9.17) is 4.98 Å². The van der Waals surface area contributed by atoms with Crippen molar-refractivity contribution in [3.05, 3.63) is 77.5 Å². The Morgan fingerprint density at radius 2 is 1.76 bits per heavy atom. The molecule has 2 aromatic heterocycles. The highest BCUT2D eigenvalue weighted by molar-refractivity contribution is 5.78. The van der Waals surface area contributed by atoms with E-state index in [2.05, 4.69) is 88.3 Å². The number of benzene rings is 2. The molecule has 2 aromatic carbocycles. The molecule has 1 saturated heterocycles. The predicted octanol–water partition coefficient (Wildman–Crippen LogP) is 4.32. The summed E-state index contributed by atoms with van der Waals surface area (Å²) in [6, 6.07) is 20.8. The zero-order chi connectivity index (χ0) is 23.1. The Morgan fingerprint density at radius 1 is 0.971 bits per heavy atom. The van der Waals surface area contributed by atoms with E-state index in [1.165, 1.54) is 5.69 Å². The molecule has 0 radical (unpaired) electrons. The first-order chi connectivity index (χ1) is 16.7. The van der Waals surface area contributed by atoms with E-state index in [0.717, 1.165) is 46.6 Å². The molecule has 6 heteroatoms. The van der Waals surface area contributed by atoms with Crippen LogP contribution in [0.25, 0.3) is 32.7 Å². The van der Waals surface area contributed by atoms with E-state index in [1.807, 2.05) is 35.2 Å². The molecule has 0 spiro atoms. The lowest BCUT2D eigenvalue weighted by atomic mass is 10.0. The molecule has 6 rings (SSSR count). The van der Waals surface area contributed by atoms with E-state index in [1.54, 1.807) is 0 Å². The summed E-state index contributed by atoms with van der Waals surface area (Å²) >= 11 is 0. The van der Waals surface area contributed by atoms with Gasteiger partial charge in [-0.1, -0.05) is 24.3 Å². The largest absolute Gasteiger partial charge is 0.392 e. The Balaban J connectivity index is 1.27. The minimum atomic E-state index is -0.0292. The number of anilines is 1. The number of nitrogens with zero attached hydrogens (tertiary/aromatic N) is 5. The van der Waals surface area contributed by atoms with E-state index in [0.29, 0.717) is 12.1 Å². The molecule has 1 aliphatic carbocycles. The zero-order valence-corrected chi connectivity index (χ0v) is 19.2. The van der Waals surface area contributed by atoms with Gasteiger partial charge in [-0.3, -0.25) is 0 Å². The summed E-state index contributed by atoms with van der Waals surface area (Å²) in [5.74, 6) is 5.81. The highest BCUT2D eigenvalue weighted by atomic mass is 15.2. The van der Waals surface area contributed by atoms with Crippen LogP contribution in [0.1, 0.15) is 19.4 Å². The summed E-state index contributed by atoms with van der Waals surface area (Å²) in [5, 5.41) is 8.08. The van der Waals surface area contributed by atoms with Crippen molar-refractivity contribution in [1.29, 1.82) is 0 Å². The number of rotatable bonds is 3. The Morgan fingerprint density at radius 3 is 2.53 bits per heavy atom. The summed E-state index contributed by atoms with van der Waals surface area (Å²) in [6.45, 7) is 6.56. The Labute approximate surface area is 199 Å². The van der Waals surface area contributed by atoms with Crippen LogP contribution in [0.3, 0.4) is 0 Å². The second-order valence-corrected chi connectivity index (χ2v) is 8.99. The van der Waals surface area contributed by atoms with E-state index < -0.39 is 0 Å². The van der Waals surface area contributed by atoms with Gasteiger partial charge in [-0.25, -0.2) is 9.50 Å². The first-order valence-electron chi connectivity index (χ1n) is 11.7. The fourth-order valence-corrected chi connectivity index (χ4v) is 4.69. The van der Waals surface area contributed by atoms with Gasteiger partial charge in [0.15, 0.2) is 5.65 Å². The van der Waals surface area contributed by atoms with Crippen LogP contribution >= 0.6 is 0 Å². The van der Waals surface area contributed by atoms with Gasteiger partial charge in [0.2, 0.25) is 0 Å². The molecule has 1 fully saturated rings. The monoisotopic (exact) mass is 445 g/mol. The molecule has 0 unspecified atom stereocenters. The standard InChI is InChI=1S/C28H25N6/c1-19-13-29-14-20(2)34(19)26-10-6-22(7-11-26)24-16-31-28-27(17-32-33(28)18-24)23-5-3-4-21(12-23)15-30-25-8-9-25/h3-7,10-12,16-20,25,29H,13-14H2,1-2H3/q+1/t19-,20+. The number of hydrogen-bond acceptors (Lipinski definition) is 4. The summed E-state index contributed by atoms with van der Waals surface area (Å²) in [4.78, 5) is 11.5. The van der Waals surface area contributed by atoms with Crippen molar-refractivity contribution in [2.75, 3.05) is 18.0 Å². The van der Waals surface area contributed by atoms with Gasteiger partial charge in [0.05, 0.1) is 6.20 Å². The van der Waals surface area contributed by atoms with Crippen molar-refractivity contribution in [1.82, 2.24) is 19.9 Å². The third-order valence-electron chi connectivity index (χ3n) is 6.45. The minimum Gasteiger partial charge on any atom is -0.364 e. The van der Waals surface area contributed by atoms with Gasteiger partial charge in [0.25, 0.3) is 0 Å². The maximum absolute atomic E-state index is 4.76. The normalized spacial score (nSPS) is 19.3. The topological polar surface area (TPSA) is 49.8 Å². The Kier molecular flexibility index (Phi) is 5.02. The van der Waals surface area contributed by atoms with Gasteiger partial charge in [-0.15, -0.1) is 0 Å². The second-order valence-electron chi connectivity index (χ2n) is 8.99. The quantitative estimate of drug-likeness (QED) is 0.478. The molecule has 3 heterocycles. The zero-order valence-electron chi connectivity index (χ0n) is 19.2. The minimum absolute atomic E-state index is 0.0292. The first kappa shape index (κ1) is 20.5. The molecule has 1 N–H and O–H groups in total. The smallest absolute Gasteiger partial charge is 0.364 e. The van der Waals surface area contributed by atoms with Crippen molar-refractivity contribution in [2.45, 2.75) is 32.0 Å². The van der Waals surface area contributed by atoms with E-state index >= 15 is 0 Å². The fourth-order valence-electron chi connectivity index (χ4n) is 4.69. The van der Waals surface area contributed by atoms with Gasteiger partial charge in [-0.2, -0.15) is 5.10 Å². The lowest BCUT2D eigenvalue weighted by Crippen LogP contribution is -2.55. The molecule has 2 aliphatic rings. The van der Waals surface area contributed by atoms with Crippen LogP contribution in [0, 0.1) is 17.9 Å². The third-order valence-corrected chi connectivity index (χ3v) is 6.45. The van der Waals surface area contributed by atoms with Gasteiger partial charge in [0, 0.05) is 66.2 Å². The number of aromatic nitrogens is 3. The van der Waals surface area contributed by atoms with Crippen LogP contribution in [-0.2, 0) is 0 Å². The average Bonchev–Trinajstić information content (AvgIpc) is 3.60. The predicted molar refractivity (Wildman–Crippen MR) is 136 cm³/mol. The lowest BCUT2D eigenvalue weighted by molar-refractivity contribution is 0.432. The van der Waals surface area contributed by atoms with Crippen LogP contribution in [0.2, 0.25) is 0 Å². The number of nitrogens with one attached hydrogen (secondary N) is 1. The maximum Gasteiger partial charge on any atom is 0.392 e. The molecule has 0 bridgehead atoms. The second kappa shape index (κ2) is 8.33. The molecular weight excluding hydrogens is 420 g/mol. The van der Waals surface area contributed by atoms with Crippen molar-refractivity contribution in [3.63, 3.8) is 0 Å². The highest BCUT2D eigenvalue weighted by Gasteiger charge is 2.24. The average molecular weight is 446 g/mol. The molecule has 34 heavy (non-hydrogen) atoms. The molecule has 166 valence electrons. The lowest BCUT2D eigenvalue weighted by Gasteiger charge is -2.41. The Bertz CT molecular complexity index is 1480. The van der Waals surface area contributed by atoms with Gasteiger partial charge < -0.3 is 10.2 Å². The van der Waals surface area contributed by atoms with Gasteiger partial charge >= 0.3 is 12.1 Å². The van der Waals surface area contributed by atoms with Crippen molar-refractivity contribution >= 4 is 11.3 Å². The van der Waals surface area contributed by atoms with Crippen LogP contribution in [0.4, 0.5) is 5.69 Å². The van der Waals surface area contributed by atoms with Gasteiger partial charge in [0.1, 0.15) is 5.56 Å². The van der Waals surface area contributed by atoms with Crippen LogP contribution in [0.15, 0.2) is 67.1 Å². The van der Waals surface area contributed by atoms with Crippen molar-refractivity contribution in [3.8, 4) is 40.2 Å². The molecule has 0 saturated carbocycles. The molecule has 2 atom stereocenters. The summed E-state index contributed by atoms with van der Waals surface area (Å²) in [6.07, 6.45) is 5.83. The fraction of sp³-hybridized carbons (Fsp3) is 0.250. The number of piperazine rings is 1. The van der Waals surface area contributed by atoms with Crippen LogP contribution in [0.5, 0.6) is 0 Å². The highest BCUT2D eigenvalue weighted by Crippen LogP contribution is 2.28. The number of fused-ring (bicyclic) bond motifs is 1. The number of hydrogen-bond donors (Lipinski definition) is 1. The molecule has 1 aliphatic heterocycles. The molecule has 4 aromatic rings. The Hall–Kier alpha value is -4.13. The van der Waals surface area contributed by atoms with Crippen LogP contribution in [-0.4, -0.2) is 45.8 Å². The van der Waals surface area contributed by atoms with E-state index in [9.17, 15) is 0 Å². The molecule has 6 nitrogen and oxygen atoms in total. The molecular formula is C28H25N6+. The third kappa shape index (κ3) is 3.90. The van der Waals surface area contributed by atoms with Crippen molar-refractivity contribution < 1.29 is 0 Å². The van der Waals surface area contributed by atoms with Gasteiger partial charge in [-0.05, 0) is 54.1 Å². The van der Waals surface area contributed by atoms with Crippen LogP contribution < -0.4 is 10.2 Å². The summed E-state index contributed by atoms with van der Waals surface area (Å²) in [5.41, 5.74) is 7.18. The van der Waals surface area contributed by atoms with Crippen molar-refractivity contribution in [2.24, 2.45) is 0 Å². The maximum atomic E-state index is 4.76. The van der Waals surface area contributed by atoms with E-state index in [-0.39, 0.29) is 6.04 Å². The SMILES string of the molecule is C[C@@H]1CNC[C@H](C)N1c1ccc(-c2cnc3c(-c4cccc(C#[N+]C5C#C5)c4)cnn3c2)cc1. The first-order valence-corrected chi connectivity index (χ1v) is 11.7.